The zero-order valence-electron chi connectivity index (χ0n) is 22.0. The van der Waals surface area contributed by atoms with Gasteiger partial charge in [-0.1, -0.05) is 24.3 Å². The van der Waals surface area contributed by atoms with Crippen LogP contribution in [0, 0.1) is 0 Å². The van der Waals surface area contributed by atoms with Gasteiger partial charge in [-0.05, 0) is 59.7 Å². The number of para-hydroxylation sites is 1. The van der Waals surface area contributed by atoms with Crippen molar-refractivity contribution >= 4 is 27.8 Å². The molecule has 2 aliphatic rings. The van der Waals surface area contributed by atoms with Crippen molar-refractivity contribution in [2.75, 3.05) is 14.2 Å². The number of pyridine rings is 1. The quantitative estimate of drug-likeness (QED) is 0.231. The number of benzene rings is 3. The average molecular weight is 536 g/mol. The van der Waals surface area contributed by atoms with E-state index in [9.17, 15) is 14.4 Å². The molecule has 5 aromatic rings. The van der Waals surface area contributed by atoms with E-state index in [2.05, 4.69) is 6.07 Å². The minimum atomic E-state index is -0.624. The smallest absolute Gasteiger partial charge is 0.312 e. The summed E-state index contributed by atoms with van der Waals surface area (Å²) in [5.74, 6) is 0.265. The molecule has 2 aromatic heterocycles. The third-order valence-electron chi connectivity index (χ3n) is 8.00. The number of methoxy groups -OCH3 is 2. The van der Waals surface area contributed by atoms with Gasteiger partial charge in [0, 0.05) is 23.6 Å². The Morgan fingerprint density at radius 1 is 0.950 bits per heavy atom. The van der Waals surface area contributed by atoms with Gasteiger partial charge < -0.3 is 23.2 Å². The number of carbonyl (C=O) groups is 1. The van der Waals surface area contributed by atoms with Gasteiger partial charge in [-0.25, -0.2) is 0 Å². The first kappa shape index (κ1) is 24.2. The van der Waals surface area contributed by atoms with Crippen LogP contribution in [0.25, 0.3) is 33.0 Å². The van der Waals surface area contributed by atoms with Crippen molar-refractivity contribution in [1.82, 2.24) is 4.57 Å². The van der Waals surface area contributed by atoms with Crippen LogP contribution in [0.2, 0.25) is 0 Å². The van der Waals surface area contributed by atoms with Crippen molar-refractivity contribution in [2.24, 2.45) is 0 Å². The number of hydrogen-bond acceptors (Lipinski definition) is 7. The summed E-state index contributed by atoms with van der Waals surface area (Å²) in [6.45, 7) is 0.615. The second-order valence-electron chi connectivity index (χ2n) is 10.1. The van der Waals surface area contributed by atoms with Gasteiger partial charge in [0.05, 0.1) is 37.1 Å². The Bertz CT molecular complexity index is 1980. The highest BCUT2D eigenvalue weighted by Gasteiger charge is 2.34. The van der Waals surface area contributed by atoms with Crippen molar-refractivity contribution < 1.29 is 23.4 Å². The number of rotatable bonds is 4. The maximum absolute atomic E-state index is 13.9. The van der Waals surface area contributed by atoms with Crippen LogP contribution in [0.4, 0.5) is 0 Å². The van der Waals surface area contributed by atoms with Crippen LogP contribution >= 0.6 is 0 Å². The lowest BCUT2D eigenvalue weighted by Gasteiger charge is -2.27. The Labute approximate surface area is 228 Å². The zero-order valence-corrected chi connectivity index (χ0v) is 22.0. The van der Waals surface area contributed by atoms with Crippen LogP contribution in [0.1, 0.15) is 35.4 Å². The summed E-state index contributed by atoms with van der Waals surface area (Å²) in [5.41, 5.74) is 4.00. The predicted molar refractivity (Wildman–Crippen MR) is 150 cm³/mol. The number of carbonyl (C=O) groups excluding carboxylic acids is 1. The van der Waals surface area contributed by atoms with Gasteiger partial charge in [-0.15, -0.1) is 0 Å². The molecule has 4 heterocycles. The van der Waals surface area contributed by atoms with Crippen LogP contribution in [-0.2, 0) is 17.8 Å². The molecular weight excluding hydrogens is 510 g/mol. The summed E-state index contributed by atoms with van der Waals surface area (Å²) in [7, 11) is 3.08. The molecule has 0 radical (unpaired) electrons. The SMILES string of the molecule is COc1ccc(-c2coc3c4c(ccc3c2=O)OC(=O)C[C@H]4c2cc3cccc4c3n(c2=O)CCC4)cc1OC. The molecule has 2 aliphatic heterocycles. The van der Waals surface area contributed by atoms with Crippen LogP contribution in [-0.4, -0.2) is 24.8 Å². The summed E-state index contributed by atoms with van der Waals surface area (Å²) in [6.07, 6.45) is 3.17. The lowest BCUT2D eigenvalue weighted by molar-refractivity contribution is -0.135. The highest BCUT2D eigenvalue weighted by atomic mass is 16.5. The van der Waals surface area contributed by atoms with Crippen LogP contribution in [0.3, 0.4) is 0 Å². The number of aromatic nitrogens is 1. The fourth-order valence-electron chi connectivity index (χ4n) is 6.16. The van der Waals surface area contributed by atoms with E-state index >= 15 is 0 Å². The van der Waals surface area contributed by atoms with E-state index in [1.165, 1.54) is 13.4 Å². The molecule has 0 spiro atoms. The van der Waals surface area contributed by atoms with Crippen molar-refractivity contribution in [3.8, 4) is 28.4 Å². The van der Waals surface area contributed by atoms with E-state index in [1.807, 2.05) is 22.8 Å². The van der Waals surface area contributed by atoms with Gasteiger partial charge >= 0.3 is 5.97 Å². The molecule has 0 saturated carbocycles. The van der Waals surface area contributed by atoms with Crippen LogP contribution in [0.5, 0.6) is 17.2 Å². The second-order valence-corrected chi connectivity index (χ2v) is 10.1. The molecule has 0 unspecified atom stereocenters. The molecule has 0 bridgehead atoms. The highest BCUT2D eigenvalue weighted by molar-refractivity contribution is 5.91. The molecule has 7 rings (SSSR count). The van der Waals surface area contributed by atoms with E-state index in [4.69, 9.17) is 18.6 Å². The number of hydrogen-bond donors (Lipinski definition) is 0. The Kier molecular flexibility index (Phi) is 5.52. The van der Waals surface area contributed by atoms with Gasteiger partial charge in [-0.2, -0.15) is 0 Å². The monoisotopic (exact) mass is 535 g/mol. The molecule has 40 heavy (non-hydrogen) atoms. The predicted octanol–water partition coefficient (Wildman–Crippen LogP) is 5.18. The molecule has 3 aromatic carbocycles. The first-order valence-electron chi connectivity index (χ1n) is 13.2. The topological polar surface area (TPSA) is 97.0 Å². The maximum atomic E-state index is 13.9. The van der Waals surface area contributed by atoms with Crippen molar-refractivity contribution in [3.05, 3.63) is 98.1 Å². The van der Waals surface area contributed by atoms with Gasteiger partial charge in [0.25, 0.3) is 5.56 Å². The highest BCUT2D eigenvalue weighted by Crippen LogP contribution is 2.43. The fraction of sp³-hybridized carbons (Fsp3) is 0.219. The largest absolute Gasteiger partial charge is 0.493 e. The van der Waals surface area contributed by atoms with Crippen molar-refractivity contribution in [1.29, 1.82) is 0 Å². The fourth-order valence-corrected chi connectivity index (χ4v) is 6.16. The second kappa shape index (κ2) is 9.12. The summed E-state index contributed by atoms with van der Waals surface area (Å²) < 4.78 is 24.3. The lowest BCUT2D eigenvalue weighted by atomic mass is 9.84. The summed E-state index contributed by atoms with van der Waals surface area (Å²) >= 11 is 0. The van der Waals surface area contributed by atoms with Gasteiger partial charge in [-0.3, -0.25) is 14.4 Å². The summed E-state index contributed by atoms with van der Waals surface area (Å²) in [6, 6.07) is 16.3. The maximum Gasteiger partial charge on any atom is 0.312 e. The Balaban J connectivity index is 1.44. The molecule has 8 nitrogen and oxygen atoms in total. The molecule has 1 atom stereocenters. The van der Waals surface area contributed by atoms with Crippen molar-refractivity contribution in [2.45, 2.75) is 31.7 Å². The number of nitrogens with zero attached hydrogens (tertiary/aromatic N) is 1. The normalized spacial score (nSPS) is 16.1. The Morgan fingerprint density at radius 2 is 1.80 bits per heavy atom. The van der Waals surface area contributed by atoms with Crippen LogP contribution in [0.15, 0.2) is 74.9 Å². The number of ether oxygens (including phenoxy) is 3. The number of aryl methyl sites for hydroxylation is 2. The molecule has 200 valence electrons. The third kappa shape index (κ3) is 3.56. The van der Waals surface area contributed by atoms with E-state index < -0.39 is 11.9 Å². The Hall–Kier alpha value is -4.85. The van der Waals surface area contributed by atoms with E-state index in [0.717, 1.165) is 29.3 Å². The number of fused-ring (bicyclic) bond motifs is 3. The molecule has 0 amide bonds. The van der Waals surface area contributed by atoms with Gasteiger partial charge in [0.2, 0.25) is 5.43 Å². The zero-order chi connectivity index (χ0) is 27.5. The average Bonchev–Trinajstić information content (AvgIpc) is 2.98. The molecule has 0 N–H and O–H groups in total. The third-order valence-corrected chi connectivity index (χ3v) is 8.00. The first-order chi connectivity index (χ1) is 19.5. The van der Waals surface area contributed by atoms with E-state index in [0.29, 0.717) is 57.0 Å². The minimum Gasteiger partial charge on any atom is -0.493 e. The van der Waals surface area contributed by atoms with E-state index in [-0.39, 0.29) is 17.4 Å². The molecule has 0 aliphatic carbocycles. The summed E-state index contributed by atoms with van der Waals surface area (Å²) in [5, 5.41) is 1.28. The minimum absolute atomic E-state index is 0.0340. The lowest BCUT2D eigenvalue weighted by Crippen LogP contribution is -2.31. The molecule has 0 saturated heterocycles. The van der Waals surface area contributed by atoms with Crippen molar-refractivity contribution in [3.63, 3.8) is 0 Å². The number of esters is 1. The van der Waals surface area contributed by atoms with E-state index in [1.54, 1.807) is 37.4 Å². The molecular formula is C32H25NO7. The van der Waals surface area contributed by atoms with Gasteiger partial charge in [0.15, 0.2) is 11.5 Å². The molecule has 0 fully saturated rings. The standard InChI is InChI=1S/C32H25NO7/c1-37-24-10-8-18(14-26(24)38-2)23-16-39-31-20(30(23)35)9-11-25-28(31)21(15-27(34)40-25)22-13-19-6-3-5-17-7-4-12-33(29(17)19)32(22)36/h3,5-6,8-11,13-14,16,21H,4,7,12,15H2,1-2H3/t21-/m0/s1. The van der Waals surface area contributed by atoms with Crippen LogP contribution < -0.4 is 25.2 Å². The van der Waals surface area contributed by atoms with Gasteiger partial charge in [0.1, 0.15) is 17.6 Å². The Morgan fingerprint density at radius 3 is 2.62 bits per heavy atom. The molecule has 8 heteroatoms. The summed E-state index contributed by atoms with van der Waals surface area (Å²) in [4.78, 5) is 40.3. The first-order valence-corrected chi connectivity index (χ1v) is 13.2.